The number of amides is 1. The largest absolute Gasteiger partial charge is 0.383 e. The summed E-state index contributed by atoms with van der Waals surface area (Å²) in [6.45, 7) is 7.99. The van der Waals surface area contributed by atoms with Gasteiger partial charge in [0.15, 0.2) is 5.65 Å². The van der Waals surface area contributed by atoms with E-state index in [1.807, 2.05) is 58.0 Å². The highest BCUT2D eigenvalue weighted by Gasteiger charge is 2.16. The summed E-state index contributed by atoms with van der Waals surface area (Å²) >= 11 is 0. The van der Waals surface area contributed by atoms with E-state index in [1.54, 1.807) is 16.8 Å². The van der Waals surface area contributed by atoms with Crippen LogP contribution in [-0.4, -0.2) is 25.7 Å². The minimum Gasteiger partial charge on any atom is -0.383 e. The zero-order valence-corrected chi connectivity index (χ0v) is 18.5. The third kappa shape index (κ3) is 4.16. The fourth-order valence-electron chi connectivity index (χ4n) is 3.31. The van der Waals surface area contributed by atoms with E-state index in [4.69, 9.17) is 5.73 Å². The zero-order valence-electron chi connectivity index (χ0n) is 18.5. The minimum absolute atomic E-state index is 0.0953. The lowest BCUT2D eigenvalue weighted by molar-refractivity contribution is 0.102. The predicted octanol–water partition coefficient (Wildman–Crippen LogP) is 4.26. The molecule has 4 aromatic rings. The van der Waals surface area contributed by atoms with Crippen LogP contribution in [0.2, 0.25) is 0 Å². The average molecular weight is 425 g/mol. The molecule has 7 heteroatoms. The Morgan fingerprint density at radius 2 is 1.81 bits per heavy atom. The maximum atomic E-state index is 12.7. The SMILES string of the molecule is Cc1ccc(NC(=O)c2ccc(C)c(C#Cc3nn(C(C)C)c4ncnc(N)c34)c2)cc1. The van der Waals surface area contributed by atoms with E-state index in [-0.39, 0.29) is 11.9 Å². The lowest BCUT2D eigenvalue weighted by Crippen LogP contribution is -2.12. The Bertz CT molecular complexity index is 1370. The van der Waals surface area contributed by atoms with Gasteiger partial charge < -0.3 is 11.1 Å². The molecule has 0 spiro atoms. The molecule has 0 fully saturated rings. The molecule has 0 unspecified atom stereocenters. The third-order valence-corrected chi connectivity index (χ3v) is 5.13. The molecule has 0 aliphatic rings. The molecule has 0 aliphatic heterocycles. The van der Waals surface area contributed by atoms with Crippen molar-refractivity contribution in [3.8, 4) is 11.8 Å². The summed E-state index contributed by atoms with van der Waals surface area (Å²) in [5, 5.41) is 8.15. The molecule has 7 nitrogen and oxygen atoms in total. The molecule has 0 bridgehead atoms. The molecule has 2 heterocycles. The number of rotatable bonds is 3. The van der Waals surface area contributed by atoms with Crippen molar-refractivity contribution in [2.45, 2.75) is 33.7 Å². The molecule has 3 N–H and O–H groups in total. The van der Waals surface area contributed by atoms with Gasteiger partial charge in [0.05, 0.1) is 5.39 Å². The van der Waals surface area contributed by atoms with Crippen LogP contribution in [0.1, 0.15) is 52.6 Å². The van der Waals surface area contributed by atoms with Crippen molar-refractivity contribution in [2.24, 2.45) is 0 Å². The van der Waals surface area contributed by atoms with Gasteiger partial charge in [-0.05, 0) is 63.4 Å². The first-order valence-electron chi connectivity index (χ1n) is 10.3. The quantitative estimate of drug-likeness (QED) is 0.479. The maximum Gasteiger partial charge on any atom is 0.255 e. The summed E-state index contributed by atoms with van der Waals surface area (Å²) in [5.74, 6) is 6.41. The van der Waals surface area contributed by atoms with Crippen molar-refractivity contribution in [2.75, 3.05) is 11.1 Å². The van der Waals surface area contributed by atoms with Crippen LogP contribution in [0, 0.1) is 25.7 Å². The summed E-state index contributed by atoms with van der Waals surface area (Å²) in [6, 6.07) is 13.2. The molecule has 0 saturated heterocycles. The van der Waals surface area contributed by atoms with Crippen molar-refractivity contribution in [3.63, 3.8) is 0 Å². The van der Waals surface area contributed by atoms with Crippen molar-refractivity contribution in [3.05, 3.63) is 76.7 Å². The van der Waals surface area contributed by atoms with Gasteiger partial charge in [-0.3, -0.25) is 4.79 Å². The van der Waals surface area contributed by atoms with Crippen molar-refractivity contribution in [1.29, 1.82) is 0 Å². The van der Waals surface area contributed by atoms with E-state index in [0.29, 0.717) is 28.1 Å². The summed E-state index contributed by atoms with van der Waals surface area (Å²) in [4.78, 5) is 21.1. The van der Waals surface area contributed by atoms with Gasteiger partial charge in [0.2, 0.25) is 0 Å². The Hall–Kier alpha value is -4.18. The van der Waals surface area contributed by atoms with Gasteiger partial charge in [-0.15, -0.1) is 0 Å². The number of aryl methyl sites for hydroxylation is 2. The molecule has 0 radical (unpaired) electrons. The van der Waals surface area contributed by atoms with E-state index in [0.717, 1.165) is 22.4 Å². The van der Waals surface area contributed by atoms with Gasteiger partial charge in [-0.1, -0.05) is 29.7 Å². The van der Waals surface area contributed by atoms with E-state index in [9.17, 15) is 4.79 Å². The molecule has 1 amide bonds. The molecule has 0 aliphatic carbocycles. The minimum atomic E-state index is -0.191. The maximum absolute atomic E-state index is 12.7. The normalized spacial score (nSPS) is 10.8. The van der Waals surface area contributed by atoms with Crippen LogP contribution in [0.15, 0.2) is 48.8 Å². The fraction of sp³-hybridized carbons (Fsp3) is 0.200. The molecule has 0 atom stereocenters. The van der Waals surface area contributed by atoms with Gasteiger partial charge in [0, 0.05) is 22.9 Å². The topological polar surface area (TPSA) is 98.7 Å². The van der Waals surface area contributed by atoms with Gasteiger partial charge in [-0.2, -0.15) is 5.10 Å². The Kier molecular flexibility index (Phi) is 5.61. The number of benzene rings is 2. The van der Waals surface area contributed by atoms with Crippen LogP contribution in [0.3, 0.4) is 0 Å². The predicted molar refractivity (Wildman–Crippen MR) is 126 cm³/mol. The lowest BCUT2D eigenvalue weighted by atomic mass is 10.0. The second-order valence-corrected chi connectivity index (χ2v) is 7.94. The van der Waals surface area contributed by atoms with E-state index in [2.05, 4.69) is 32.2 Å². The standard InChI is InChI=1S/C25H24N6O/c1-15(2)31-24-22(23(26)27-14-28-24)21(30-31)12-9-18-13-19(8-7-17(18)4)25(32)29-20-10-5-16(3)6-11-20/h5-8,10-11,13-15H,1-4H3,(H,29,32)(H2,26,27,28). The molecule has 2 aromatic carbocycles. The van der Waals surface area contributed by atoms with E-state index >= 15 is 0 Å². The number of nitrogens with one attached hydrogen (secondary N) is 1. The highest BCUT2D eigenvalue weighted by Crippen LogP contribution is 2.23. The second-order valence-electron chi connectivity index (χ2n) is 7.94. The molecule has 160 valence electrons. The zero-order chi connectivity index (χ0) is 22.8. The first-order valence-corrected chi connectivity index (χ1v) is 10.3. The van der Waals surface area contributed by atoms with Crippen molar-refractivity contribution < 1.29 is 4.79 Å². The molecule has 4 rings (SSSR count). The second kappa shape index (κ2) is 8.52. The number of carbonyl (C=O) groups is 1. The number of nitrogens with two attached hydrogens (primary N) is 1. The molecule has 32 heavy (non-hydrogen) atoms. The number of anilines is 2. The number of hydrogen-bond acceptors (Lipinski definition) is 5. The molecular weight excluding hydrogens is 400 g/mol. The van der Waals surface area contributed by atoms with Crippen LogP contribution in [0.5, 0.6) is 0 Å². The van der Waals surface area contributed by atoms with Gasteiger partial charge in [0.1, 0.15) is 17.8 Å². The third-order valence-electron chi connectivity index (χ3n) is 5.13. The highest BCUT2D eigenvalue weighted by molar-refractivity contribution is 6.04. The fourth-order valence-corrected chi connectivity index (χ4v) is 3.31. The molecular formula is C25H24N6O. The van der Waals surface area contributed by atoms with Crippen LogP contribution >= 0.6 is 0 Å². The van der Waals surface area contributed by atoms with E-state index in [1.165, 1.54) is 6.33 Å². The van der Waals surface area contributed by atoms with Crippen LogP contribution < -0.4 is 11.1 Å². The Balaban J connectivity index is 1.68. The number of carbonyl (C=O) groups excluding carboxylic acids is 1. The number of aromatic nitrogens is 4. The van der Waals surface area contributed by atoms with Gasteiger partial charge >= 0.3 is 0 Å². The van der Waals surface area contributed by atoms with Crippen LogP contribution in [-0.2, 0) is 0 Å². The number of nitrogens with zero attached hydrogens (tertiary/aromatic N) is 4. The van der Waals surface area contributed by atoms with Gasteiger partial charge in [0.25, 0.3) is 5.91 Å². The lowest BCUT2D eigenvalue weighted by Gasteiger charge is -2.07. The van der Waals surface area contributed by atoms with Crippen molar-refractivity contribution >= 4 is 28.4 Å². The smallest absolute Gasteiger partial charge is 0.255 e. The summed E-state index contributed by atoms with van der Waals surface area (Å²) in [5.41, 5.74) is 11.4. The summed E-state index contributed by atoms with van der Waals surface area (Å²) < 4.78 is 1.79. The Labute approximate surface area is 186 Å². The first-order chi connectivity index (χ1) is 15.3. The first kappa shape index (κ1) is 21.1. The highest BCUT2D eigenvalue weighted by atomic mass is 16.1. The summed E-state index contributed by atoms with van der Waals surface area (Å²) in [7, 11) is 0. The Morgan fingerprint density at radius 1 is 1.06 bits per heavy atom. The van der Waals surface area contributed by atoms with Crippen LogP contribution in [0.25, 0.3) is 11.0 Å². The average Bonchev–Trinajstić information content (AvgIpc) is 3.15. The summed E-state index contributed by atoms with van der Waals surface area (Å²) in [6.07, 6.45) is 1.43. The van der Waals surface area contributed by atoms with Crippen LogP contribution in [0.4, 0.5) is 11.5 Å². The van der Waals surface area contributed by atoms with Gasteiger partial charge in [-0.25, -0.2) is 14.6 Å². The molecule has 2 aromatic heterocycles. The van der Waals surface area contributed by atoms with Crippen molar-refractivity contribution in [1.82, 2.24) is 19.7 Å². The number of fused-ring (bicyclic) bond motifs is 1. The monoisotopic (exact) mass is 424 g/mol. The van der Waals surface area contributed by atoms with E-state index < -0.39 is 0 Å². The Morgan fingerprint density at radius 3 is 2.53 bits per heavy atom. The molecule has 0 saturated carbocycles. The number of hydrogen-bond donors (Lipinski definition) is 2. The number of nitrogen functional groups attached to an aromatic ring is 1.